The second-order valence-corrected chi connectivity index (χ2v) is 5.75. The van der Waals surface area contributed by atoms with Gasteiger partial charge in [0.1, 0.15) is 0 Å². The summed E-state index contributed by atoms with van der Waals surface area (Å²) in [6, 6.07) is 10.2. The second kappa shape index (κ2) is 6.93. The molecule has 0 saturated carbocycles. The first-order chi connectivity index (χ1) is 8.79. The van der Waals surface area contributed by atoms with Crippen molar-refractivity contribution >= 4 is 22.9 Å². The number of benzene rings is 1. The van der Waals surface area contributed by atoms with Gasteiger partial charge in [0.05, 0.1) is 0 Å². The molecule has 96 valence electrons. The molecule has 2 rings (SSSR count). The maximum Gasteiger partial charge on any atom is 0.0438 e. The van der Waals surface area contributed by atoms with E-state index in [1.807, 2.05) is 18.2 Å². The molecule has 1 aromatic heterocycles. The molecule has 2 N–H and O–H groups in total. The zero-order valence-corrected chi connectivity index (χ0v) is 11.9. The average Bonchev–Trinajstić information content (AvgIpc) is 2.90. The van der Waals surface area contributed by atoms with Crippen molar-refractivity contribution in [2.45, 2.75) is 19.3 Å². The number of hydrogen-bond donors (Lipinski definition) is 1. The van der Waals surface area contributed by atoms with Gasteiger partial charge in [0.25, 0.3) is 0 Å². The molecule has 0 aliphatic rings. The lowest BCUT2D eigenvalue weighted by Crippen LogP contribution is -2.17. The molecule has 0 bridgehead atoms. The number of thiophene rings is 1. The second-order valence-electron chi connectivity index (χ2n) is 4.57. The van der Waals surface area contributed by atoms with E-state index in [2.05, 4.69) is 22.9 Å². The fourth-order valence-corrected chi connectivity index (χ4v) is 3.00. The van der Waals surface area contributed by atoms with Crippen molar-refractivity contribution in [3.8, 4) is 0 Å². The van der Waals surface area contributed by atoms with Crippen LogP contribution in [0.4, 0.5) is 0 Å². The summed E-state index contributed by atoms with van der Waals surface area (Å²) in [5.41, 5.74) is 8.49. The van der Waals surface area contributed by atoms with E-state index in [4.69, 9.17) is 17.3 Å². The predicted octanol–water partition coefficient (Wildman–Crippen LogP) is 4.15. The predicted molar refractivity (Wildman–Crippen MR) is 80.3 cm³/mol. The smallest absolute Gasteiger partial charge is 0.0438 e. The number of halogens is 1. The molecule has 0 aliphatic carbocycles. The zero-order valence-electron chi connectivity index (χ0n) is 10.3. The molecular formula is C15H18ClNS. The molecule has 0 spiro atoms. The highest BCUT2D eigenvalue weighted by atomic mass is 35.5. The maximum absolute atomic E-state index is 6.19. The third kappa shape index (κ3) is 3.84. The lowest BCUT2D eigenvalue weighted by atomic mass is 9.93. The van der Waals surface area contributed by atoms with E-state index in [0.29, 0.717) is 5.92 Å². The minimum absolute atomic E-state index is 0.504. The Morgan fingerprint density at radius 3 is 2.72 bits per heavy atom. The van der Waals surface area contributed by atoms with Gasteiger partial charge in [-0.3, -0.25) is 0 Å². The van der Waals surface area contributed by atoms with Gasteiger partial charge in [-0.05, 0) is 65.7 Å². The van der Waals surface area contributed by atoms with Gasteiger partial charge in [0, 0.05) is 5.02 Å². The Bertz CT molecular complexity index is 467. The van der Waals surface area contributed by atoms with Gasteiger partial charge in [0.2, 0.25) is 0 Å². The van der Waals surface area contributed by atoms with Crippen LogP contribution in [-0.4, -0.2) is 6.54 Å². The molecule has 3 heteroatoms. The molecule has 0 saturated heterocycles. The minimum Gasteiger partial charge on any atom is -0.330 e. The van der Waals surface area contributed by atoms with E-state index >= 15 is 0 Å². The van der Waals surface area contributed by atoms with Crippen LogP contribution in [0.3, 0.4) is 0 Å². The van der Waals surface area contributed by atoms with Gasteiger partial charge < -0.3 is 5.73 Å². The van der Waals surface area contributed by atoms with E-state index in [1.54, 1.807) is 11.3 Å². The van der Waals surface area contributed by atoms with Crippen LogP contribution in [0.5, 0.6) is 0 Å². The van der Waals surface area contributed by atoms with Gasteiger partial charge >= 0.3 is 0 Å². The van der Waals surface area contributed by atoms with Crippen molar-refractivity contribution in [3.63, 3.8) is 0 Å². The Hall–Kier alpha value is -0.830. The first-order valence-corrected chi connectivity index (χ1v) is 7.56. The summed E-state index contributed by atoms with van der Waals surface area (Å²) in [5.74, 6) is 0.504. The minimum atomic E-state index is 0.504. The van der Waals surface area contributed by atoms with Crippen LogP contribution in [0.1, 0.15) is 17.5 Å². The van der Waals surface area contributed by atoms with Crippen LogP contribution in [0, 0.1) is 5.92 Å². The third-order valence-electron chi connectivity index (χ3n) is 3.22. The molecule has 1 nitrogen and oxygen atoms in total. The van der Waals surface area contributed by atoms with E-state index in [-0.39, 0.29) is 0 Å². The first-order valence-electron chi connectivity index (χ1n) is 6.24. The number of nitrogens with two attached hydrogens (primary N) is 1. The van der Waals surface area contributed by atoms with Gasteiger partial charge in [-0.2, -0.15) is 11.3 Å². The summed E-state index contributed by atoms with van der Waals surface area (Å²) in [6.45, 7) is 0.718. The van der Waals surface area contributed by atoms with Gasteiger partial charge in [-0.1, -0.05) is 29.8 Å². The van der Waals surface area contributed by atoms with Crippen LogP contribution in [-0.2, 0) is 12.8 Å². The van der Waals surface area contributed by atoms with Crippen molar-refractivity contribution in [2.75, 3.05) is 6.54 Å². The summed E-state index contributed by atoms with van der Waals surface area (Å²) >= 11 is 7.94. The number of hydrogen-bond acceptors (Lipinski definition) is 2. The summed E-state index contributed by atoms with van der Waals surface area (Å²) in [6.07, 6.45) is 3.20. The fourth-order valence-electron chi connectivity index (χ4n) is 2.08. The van der Waals surface area contributed by atoms with Crippen LogP contribution in [0.2, 0.25) is 5.02 Å². The number of rotatable bonds is 6. The summed E-state index contributed by atoms with van der Waals surface area (Å²) in [5, 5.41) is 5.19. The topological polar surface area (TPSA) is 26.0 Å². The monoisotopic (exact) mass is 279 g/mol. The van der Waals surface area contributed by atoms with Crippen LogP contribution in [0.15, 0.2) is 41.1 Å². The van der Waals surface area contributed by atoms with E-state index in [0.717, 1.165) is 30.8 Å². The van der Waals surface area contributed by atoms with Crippen LogP contribution in [0.25, 0.3) is 0 Å². The summed E-state index contributed by atoms with van der Waals surface area (Å²) in [4.78, 5) is 0. The normalized spacial score (nSPS) is 12.6. The van der Waals surface area contributed by atoms with Crippen molar-refractivity contribution < 1.29 is 0 Å². The Labute approximate surface area is 118 Å². The summed E-state index contributed by atoms with van der Waals surface area (Å²) < 4.78 is 0. The Morgan fingerprint density at radius 1 is 1.22 bits per heavy atom. The zero-order chi connectivity index (χ0) is 12.8. The molecule has 1 unspecified atom stereocenters. The third-order valence-corrected chi connectivity index (χ3v) is 4.32. The van der Waals surface area contributed by atoms with Gasteiger partial charge in [-0.15, -0.1) is 0 Å². The Morgan fingerprint density at radius 2 is 2.06 bits per heavy atom. The maximum atomic E-state index is 6.19. The standard InChI is InChI=1S/C15H18ClNS/c16-15-4-2-1-3-14(15)9-13(10-17)6-5-12-7-8-18-11-12/h1-4,7-8,11,13H,5-6,9-10,17H2. The fraction of sp³-hybridized carbons (Fsp3) is 0.333. The van der Waals surface area contributed by atoms with E-state index in [9.17, 15) is 0 Å². The lowest BCUT2D eigenvalue weighted by molar-refractivity contribution is 0.494. The molecule has 1 atom stereocenters. The highest BCUT2D eigenvalue weighted by molar-refractivity contribution is 7.07. The molecule has 0 radical (unpaired) electrons. The van der Waals surface area contributed by atoms with Crippen molar-refractivity contribution in [1.82, 2.24) is 0 Å². The lowest BCUT2D eigenvalue weighted by Gasteiger charge is -2.15. The van der Waals surface area contributed by atoms with E-state index < -0.39 is 0 Å². The molecule has 18 heavy (non-hydrogen) atoms. The van der Waals surface area contributed by atoms with Gasteiger partial charge in [0.15, 0.2) is 0 Å². The highest BCUT2D eigenvalue weighted by Crippen LogP contribution is 2.21. The molecule has 0 aliphatic heterocycles. The van der Waals surface area contributed by atoms with Crippen molar-refractivity contribution in [3.05, 3.63) is 57.2 Å². The average molecular weight is 280 g/mol. The molecule has 1 heterocycles. The van der Waals surface area contributed by atoms with Crippen molar-refractivity contribution in [1.29, 1.82) is 0 Å². The molecule has 0 fully saturated rings. The van der Waals surface area contributed by atoms with Crippen LogP contribution < -0.4 is 5.73 Å². The SMILES string of the molecule is NCC(CCc1ccsc1)Cc1ccccc1Cl. The molecule has 0 amide bonds. The van der Waals surface area contributed by atoms with Crippen molar-refractivity contribution in [2.24, 2.45) is 11.7 Å². The Kier molecular flexibility index (Phi) is 5.24. The van der Waals surface area contributed by atoms with Gasteiger partial charge in [-0.25, -0.2) is 0 Å². The number of aryl methyl sites for hydroxylation is 1. The highest BCUT2D eigenvalue weighted by Gasteiger charge is 2.10. The largest absolute Gasteiger partial charge is 0.330 e. The quantitative estimate of drug-likeness (QED) is 0.844. The van der Waals surface area contributed by atoms with Crippen LogP contribution >= 0.6 is 22.9 Å². The molecular weight excluding hydrogens is 262 g/mol. The summed E-state index contributed by atoms with van der Waals surface area (Å²) in [7, 11) is 0. The Balaban J connectivity index is 1.91. The first kappa shape index (κ1) is 13.6. The molecule has 1 aromatic carbocycles. The van der Waals surface area contributed by atoms with E-state index in [1.165, 1.54) is 11.1 Å². The molecule has 2 aromatic rings.